The lowest BCUT2D eigenvalue weighted by molar-refractivity contribution is -0.124. The summed E-state index contributed by atoms with van der Waals surface area (Å²) in [5.74, 6) is 0.253. The topological polar surface area (TPSA) is 42.0 Å². The van der Waals surface area contributed by atoms with Gasteiger partial charge in [0, 0.05) is 12.1 Å². The number of hydrogen-bond donors (Lipinski definition) is 1. The van der Waals surface area contributed by atoms with Crippen molar-refractivity contribution < 1.29 is 4.79 Å². The van der Waals surface area contributed by atoms with Crippen LogP contribution >= 0.6 is 0 Å². The van der Waals surface area contributed by atoms with Gasteiger partial charge in [-0.25, -0.2) is 0 Å². The van der Waals surface area contributed by atoms with Crippen LogP contribution < -0.4 is 5.32 Å². The molecule has 1 atom stereocenters. The van der Waals surface area contributed by atoms with Crippen LogP contribution in [0.15, 0.2) is 18.3 Å². The maximum Gasteiger partial charge on any atom is 0.224 e. The molecule has 0 saturated heterocycles. The molecule has 1 aromatic heterocycles. The number of aryl methyl sites for hydroxylation is 1. The normalized spacial score (nSPS) is 21.3. The van der Waals surface area contributed by atoms with E-state index in [1.807, 2.05) is 25.3 Å². The number of pyridine rings is 1. The minimum Gasteiger partial charge on any atom is -0.347 e. The Kier molecular flexibility index (Phi) is 3.66. The van der Waals surface area contributed by atoms with Gasteiger partial charge < -0.3 is 5.32 Å². The first-order valence-corrected chi connectivity index (χ1v) is 7.44. The highest BCUT2D eigenvalue weighted by Gasteiger charge is 2.68. The van der Waals surface area contributed by atoms with Crippen molar-refractivity contribution in [1.29, 1.82) is 0 Å². The van der Waals surface area contributed by atoms with Crippen molar-refractivity contribution in [3.63, 3.8) is 0 Å². The second kappa shape index (κ2) is 4.87. The van der Waals surface area contributed by atoms with E-state index in [1.165, 1.54) is 0 Å². The van der Waals surface area contributed by atoms with E-state index in [1.54, 1.807) is 0 Å². The second-order valence-corrected chi connectivity index (χ2v) is 7.11. The Balaban J connectivity index is 2.08. The van der Waals surface area contributed by atoms with Crippen LogP contribution in [-0.4, -0.2) is 10.9 Å². The van der Waals surface area contributed by atoms with Gasteiger partial charge in [-0.15, -0.1) is 0 Å². The highest BCUT2D eigenvalue weighted by molar-refractivity contribution is 5.84. The predicted octanol–water partition coefficient (Wildman–Crippen LogP) is 3.64. The van der Waals surface area contributed by atoms with Crippen molar-refractivity contribution in [2.24, 2.45) is 16.7 Å². The fourth-order valence-corrected chi connectivity index (χ4v) is 3.18. The number of nitrogens with one attached hydrogen (secondary N) is 1. The van der Waals surface area contributed by atoms with Gasteiger partial charge in [0.05, 0.1) is 11.7 Å². The van der Waals surface area contributed by atoms with E-state index in [0.717, 1.165) is 17.7 Å². The average molecular weight is 274 g/mol. The van der Waals surface area contributed by atoms with Gasteiger partial charge in [-0.2, -0.15) is 0 Å². The van der Waals surface area contributed by atoms with Crippen LogP contribution in [0.3, 0.4) is 0 Å². The molecule has 1 fully saturated rings. The summed E-state index contributed by atoms with van der Waals surface area (Å²) in [6.45, 7) is 12.8. The molecule has 3 nitrogen and oxygen atoms in total. The summed E-state index contributed by atoms with van der Waals surface area (Å²) in [4.78, 5) is 16.9. The SMILES string of the molecule is CC[C@@H](NC(=O)C1C(C)(C)C1(C)C)c1ccc(C)cn1. The molecule has 110 valence electrons. The third-order valence-electron chi connectivity index (χ3n) is 5.30. The van der Waals surface area contributed by atoms with Crippen molar-refractivity contribution in [3.05, 3.63) is 29.6 Å². The molecule has 0 bridgehead atoms. The van der Waals surface area contributed by atoms with E-state index in [0.29, 0.717) is 0 Å². The zero-order chi connectivity index (χ0) is 15.1. The monoisotopic (exact) mass is 274 g/mol. The van der Waals surface area contributed by atoms with Crippen LogP contribution in [0.5, 0.6) is 0 Å². The van der Waals surface area contributed by atoms with Crippen LogP contribution in [0.4, 0.5) is 0 Å². The minimum atomic E-state index is 0.00954. The molecular formula is C17H26N2O. The smallest absolute Gasteiger partial charge is 0.224 e. The Hall–Kier alpha value is -1.38. The van der Waals surface area contributed by atoms with Crippen molar-refractivity contribution in [3.8, 4) is 0 Å². The van der Waals surface area contributed by atoms with Gasteiger partial charge in [0.2, 0.25) is 5.91 Å². The summed E-state index contributed by atoms with van der Waals surface area (Å²) in [6, 6.07) is 4.06. The summed E-state index contributed by atoms with van der Waals surface area (Å²) in [7, 11) is 0. The maximum absolute atomic E-state index is 12.5. The fraction of sp³-hybridized carbons (Fsp3) is 0.647. The Morgan fingerprint density at radius 2 is 1.90 bits per heavy atom. The van der Waals surface area contributed by atoms with Gasteiger partial charge in [-0.3, -0.25) is 9.78 Å². The Bertz CT molecular complexity index is 488. The van der Waals surface area contributed by atoms with Crippen LogP contribution in [-0.2, 0) is 4.79 Å². The lowest BCUT2D eigenvalue weighted by atomic mass is 10.0. The summed E-state index contributed by atoms with van der Waals surface area (Å²) in [6.07, 6.45) is 2.71. The van der Waals surface area contributed by atoms with Crippen LogP contribution in [0.1, 0.15) is 58.3 Å². The van der Waals surface area contributed by atoms with Gasteiger partial charge in [-0.1, -0.05) is 40.7 Å². The molecule has 1 aliphatic rings. The number of hydrogen-bond acceptors (Lipinski definition) is 2. The third kappa shape index (κ3) is 2.34. The first-order valence-electron chi connectivity index (χ1n) is 7.44. The maximum atomic E-state index is 12.5. The summed E-state index contributed by atoms with van der Waals surface area (Å²) in [5, 5.41) is 3.17. The molecule has 0 aromatic carbocycles. The summed E-state index contributed by atoms with van der Waals surface area (Å²) in [5.41, 5.74) is 2.24. The standard InChI is InChI=1S/C17H26N2O/c1-7-12(13-9-8-11(2)10-18-13)19-15(20)14-16(3,4)17(14,5)6/h8-10,12,14H,7H2,1-6H3,(H,19,20)/t12-/m1/s1. The molecule has 0 aliphatic heterocycles. The number of nitrogens with zero attached hydrogens (tertiary/aromatic N) is 1. The zero-order valence-electron chi connectivity index (χ0n) is 13.4. The number of carbonyl (C=O) groups excluding carboxylic acids is 1. The van der Waals surface area contributed by atoms with Crippen molar-refractivity contribution in [2.45, 2.75) is 54.0 Å². The van der Waals surface area contributed by atoms with E-state index >= 15 is 0 Å². The number of carbonyl (C=O) groups is 1. The van der Waals surface area contributed by atoms with Gasteiger partial charge in [0.15, 0.2) is 0 Å². The molecule has 1 aromatic rings. The number of amides is 1. The van der Waals surface area contributed by atoms with Crippen LogP contribution in [0.25, 0.3) is 0 Å². The molecule has 0 unspecified atom stereocenters. The van der Waals surface area contributed by atoms with E-state index in [4.69, 9.17) is 0 Å². The van der Waals surface area contributed by atoms with Crippen molar-refractivity contribution >= 4 is 5.91 Å². The first kappa shape index (κ1) is 15.0. The number of aromatic nitrogens is 1. The molecule has 0 spiro atoms. The van der Waals surface area contributed by atoms with Crippen LogP contribution in [0, 0.1) is 23.7 Å². The highest BCUT2D eigenvalue weighted by atomic mass is 16.2. The lowest BCUT2D eigenvalue weighted by Gasteiger charge is -2.17. The summed E-state index contributed by atoms with van der Waals surface area (Å²) >= 11 is 0. The summed E-state index contributed by atoms with van der Waals surface area (Å²) < 4.78 is 0. The van der Waals surface area contributed by atoms with Gasteiger partial charge in [0.1, 0.15) is 0 Å². The first-order chi connectivity index (χ1) is 9.21. The molecule has 1 aliphatic carbocycles. The predicted molar refractivity (Wildman–Crippen MR) is 81.2 cm³/mol. The average Bonchev–Trinajstić information content (AvgIpc) is 2.78. The van der Waals surface area contributed by atoms with Gasteiger partial charge in [-0.05, 0) is 35.8 Å². The molecule has 1 saturated carbocycles. The molecule has 1 heterocycles. The third-order valence-corrected chi connectivity index (χ3v) is 5.30. The van der Waals surface area contributed by atoms with Gasteiger partial charge >= 0.3 is 0 Å². The Labute approximate surface area is 122 Å². The Morgan fingerprint density at radius 3 is 2.30 bits per heavy atom. The zero-order valence-corrected chi connectivity index (χ0v) is 13.4. The Morgan fingerprint density at radius 1 is 1.30 bits per heavy atom. The quantitative estimate of drug-likeness (QED) is 0.910. The van der Waals surface area contributed by atoms with Gasteiger partial charge in [0.25, 0.3) is 0 Å². The number of rotatable bonds is 4. The van der Waals surface area contributed by atoms with E-state index in [-0.39, 0.29) is 28.7 Å². The van der Waals surface area contributed by atoms with Crippen LogP contribution in [0.2, 0.25) is 0 Å². The largest absolute Gasteiger partial charge is 0.347 e. The molecule has 1 amide bonds. The lowest BCUT2D eigenvalue weighted by Crippen LogP contribution is -2.31. The minimum absolute atomic E-state index is 0.00954. The molecule has 3 heteroatoms. The van der Waals surface area contributed by atoms with Crippen molar-refractivity contribution in [2.75, 3.05) is 0 Å². The molecule has 20 heavy (non-hydrogen) atoms. The van der Waals surface area contributed by atoms with Crippen molar-refractivity contribution in [1.82, 2.24) is 10.3 Å². The van der Waals surface area contributed by atoms with E-state index in [2.05, 4.69) is 44.9 Å². The van der Waals surface area contributed by atoms with E-state index < -0.39 is 0 Å². The second-order valence-electron chi connectivity index (χ2n) is 7.11. The molecule has 1 N–H and O–H groups in total. The molecule has 0 radical (unpaired) electrons. The molecule has 2 rings (SSSR count). The molecular weight excluding hydrogens is 248 g/mol. The highest BCUT2D eigenvalue weighted by Crippen LogP contribution is 2.68. The fourth-order valence-electron chi connectivity index (χ4n) is 3.18. The van der Waals surface area contributed by atoms with E-state index in [9.17, 15) is 4.79 Å².